The van der Waals surface area contributed by atoms with Gasteiger partial charge in [-0.05, 0) is 30.9 Å². The number of alkyl halides is 1. The molecule has 1 atom stereocenters. The first kappa shape index (κ1) is 16.8. The van der Waals surface area contributed by atoms with Crippen LogP contribution in [-0.2, 0) is 10.0 Å². The second kappa shape index (κ2) is 6.67. The van der Waals surface area contributed by atoms with Crippen molar-refractivity contribution in [2.75, 3.05) is 32.1 Å². The summed E-state index contributed by atoms with van der Waals surface area (Å²) < 4.78 is 26.2. The minimum Gasteiger partial charge on any atom is -0.370 e. The van der Waals surface area contributed by atoms with E-state index < -0.39 is 10.0 Å². The third-order valence-electron chi connectivity index (χ3n) is 4.15. The largest absolute Gasteiger partial charge is 0.370 e. The number of para-hydroxylation sites is 1. The first-order valence-electron chi connectivity index (χ1n) is 7.24. The van der Waals surface area contributed by atoms with Crippen molar-refractivity contribution in [2.45, 2.75) is 29.5 Å². The van der Waals surface area contributed by atoms with Crippen LogP contribution in [0.2, 0.25) is 0 Å². The topological polar surface area (TPSA) is 40.6 Å². The molecule has 2 rings (SSSR count). The molecule has 1 fully saturated rings. The molecule has 0 spiro atoms. The predicted molar refractivity (Wildman–Crippen MR) is 90.6 cm³/mol. The molecule has 0 N–H and O–H groups in total. The van der Waals surface area contributed by atoms with E-state index in [9.17, 15) is 8.42 Å². The van der Waals surface area contributed by atoms with Gasteiger partial charge in [-0.15, -0.1) is 0 Å². The van der Waals surface area contributed by atoms with Crippen molar-refractivity contribution < 1.29 is 8.42 Å². The van der Waals surface area contributed by atoms with E-state index in [0.717, 1.165) is 31.6 Å². The Morgan fingerprint density at radius 1 is 1.24 bits per heavy atom. The van der Waals surface area contributed by atoms with E-state index in [0.29, 0.717) is 15.6 Å². The van der Waals surface area contributed by atoms with E-state index in [-0.39, 0.29) is 0 Å². The van der Waals surface area contributed by atoms with Crippen LogP contribution in [0.4, 0.5) is 5.69 Å². The molecule has 1 aliphatic rings. The Bertz CT molecular complexity index is 579. The lowest BCUT2D eigenvalue weighted by Crippen LogP contribution is -2.37. The molecule has 1 aliphatic heterocycles. The van der Waals surface area contributed by atoms with Crippen molar-refractivity contribution in [3.05, 3.63) is 24.3 Å². The lowest BCUT2D eigenvalue weighted by Gasteiger charge is -2.35. The summed E-state index contributed by atoms with van der Waals surface area (Å²) in [6, 6.07) is 7.30. The summed E-state index contributed by atoms with van der Waals surface area (Å²) >= 11 is 3.66. The molecule has 118 valence electrons. The summed E-state index contributed by atoms with van der Waals surface area (Å²) in [5.41, 5.74) is 0.826. The number of sulfonamides is 1. The van der Waals surface area contributed by atoms with Crippen molar-refractivity contribution in [1.29, 1.82) is 0 Å². The number of hydrogen-bond donors (Lipinski definition) is 0. The van der Waals surface area contributed by atoms with Crippen LogP contribution in [0.5, 0.6) is 0 Å². The van der Waals surface area contributed by atoms with Crippen LogP contribution in [0.1, 0.15) is 19.8 Å². The maximum Gasteiger partial charge on any atom is 0.244 e. The second-order valence-corrected chi connectivity index (χ2v) is 9.32. The lowest BCUT2D eigenvalue weighted by atomic mass is 9.94. The molecule has 0 saturated carbocycles. The Morgan fingerprint density at radius 2 is 1.81 bits per heavy atom. The molecule has 1 aromatic carbocycles. The fourth-order valence-corrected chi connectivity index (χ4v) is 4.37. The number of rotatable bonds is 4. The van der Waals surface area contributed by atoms with E-state index in [4.69, 9.17) is 0 Å². The summed E-state index contributed by atoms with van der Waals surface area (Å²) in [6.07, 6.45) is 2.17. The van der Waals surface area contributed by atoms with E-state index in [1.54, 1.807) is 26.2 Å². The number of anilines is 1. The van der Waals surface area contributed by atoms with E-state index in [1.165, 1.54) is 4.31 Å². The van der Waals surface area contributed by atoms with Crippen LogP contribution in [0, 0.1) is 5.92 Å². The zero-order valence-corrected chi connectivity index (χ0v) is 15.2. The Labute approximate surface area is 136 Å². The zero-order chi connectivity index (χ0) is 15.6. The monoisotopic (exact) mass is 374 g/mol. The van der Waals surface area contributed by atoms with Gasteiger partial charge in [0.2, 0.25) is 10.0 Å². The van der Waals surface area contributed by atoms with Crippen LogP contribution in [0.15, 0.2) is 29.2 Å². The standard InChI is InChI=1S/C15H23BrN2O2S/c1-12(16)13-8-10-18(11-9-13)14-6-4-5-7-15(14)21(19,20)17(2)3/h4-7,12-13H,8-11H2,1-3H3. The summed E-state index contributed by atoms with van der Waals surface area (Å²) in [6.45, 7) is 3.99. The predicted octanol–water partition coefficient (Wildman–Crippen LogP) is 2.94. The highest BCUT2D eigenvalue weighted by atomic mass is 79.9. The molecule has 0 aliphatic carbocycles. The maximum absolute atomic E-state index is 12.5. The highest BCUT2D eigenvalue weighted by Gasteiger charge is 2.27. The molecule has 1 heterocycles. The lowest BCUT2D eigenvalue weighted by molar-refractivity contribution is 0.406. The number of hydrogen-bond acceptors (Lipinski definition) is 3. The smallest absolute Gasteiger partial charge is 0.244 e. The molecule has 1 saturated heterocycles. The van der Waals surface area contributed by atoms with Crippen molar-refractivity contribution in [1.82, 2.24) is 4.31 Å². The quantitative estimate of drug-likeness (QED) is 0.760. The Kier molecular flexibility index (Phi) is 5.33. The van der Waals surface area contributed by atoms with Gasteiger partial charge in [0.05, 0.1) is 5.69 Å². The number of halogens is 1. The van der Waals surface area contributed by atoms with Gasteiger partial charge < -0.3 is 4.90 Å². The molecule has 0 aromatic heterocycles. The maximum atomic E-state index is 12.5. The van der Waals surface area contributed by atoms with Gasteiger partial charge in [-0.25, -0.2) is 12.7 Å². The van der Waals surface area contributed by atoms with Gasteiger partial charge in [0.1, 0.15) is 4.90 Å². The van der Waals surface area contributed by atoms with E-state index in [2.05, 4.69) is 27.8 Å². The zero-order valence-electron chi connectivity index (χ0n) is 12.8. The molecular weight excluding hydrogens is 352 g/mol. The Balaban J connectivity index is 2.27. The molecule has 1 aromatic rings. The van der Waals surface area contributed by atoms with Gasteiger partial charge in [-0.2, -0.15) is 0 Å². The number of nitrogens with zero attached hydrogens (tertiary/aromatic N) is 2. The average molecular weight is 375 g/mol. The summed E-state index contributed by atoms with van der Waals surface area (Å²) in [5.74, 6) is 0.666. The fraction of sp³-hybridized carbons (Fsp3) is 0.600. The molecule has 0 radical (unpaired) electrons. The normalized spacial score (nSPS) is 19.0. The Morgan fingerprint density at radius 3 is 2.33 bits per heavy atom. The highest BCUT2D eigenvalue weighted by molar-refractivity contribution is 9.09. The second-order valence-electron chi connectivity index (χ2n) is 5.76. The summed E-state index contributed by atoms with van der Waals surface area (Å²) in [7, 11) is -0.256. The van der Waals surface area contributed by atoms with Gasteiger partial charge in [0, 0.05) is 32.0 Å². The molecular formula is C15H23BrN2O2S. The van der Waals surface area contributed by atoms with Gasteiger partial charge in [-0.3, -0.25) is 0 Å². The minimum absolute atomic E-state index is 0.403. The third kappa shape index (κ3) is 3.60. The minimum atomic E-state index is -3.40. The molecule has 1 unspecified atom stereocenters. The molecule has 21 heavy (non-hydrogen) atoms. The summed E-state index contributed by atoms with van der Waals surface area (Å²) in [5, 5.41) is 0. The van der Waals surface area contributed by atoms with Crippen LogP contribution in [0.3, 0.4) is 0 Å². The first-order valence-corrected chi connectivity index (χ1v) is 9.60. The molecule has 0 amide bonds. The molecule has 0 bridgehead atoms. The van der Waals surface area contributed by atoms with Crippen LogP contribution in [0.25, 0.3) is 0 Å². The van der Waals surface area contributed by atoms with Crippen molar-refractivity contribution in [2.24, 2.45) is 5.92 Å². The number of piperidine rings is 1. The van der Waals surface area contributed by atoms with Gasteiger partial charge in [0.15, 0.2) is 0 Å². The first-order chi connectivity index (χ1) is 9.84. The highest BCUT2D eigenvalue weighted by Crippen LogP contribution is 2.32. The van der Waals surface area contributed by atoms with Gasteiger partial charge >= 0.3 is 0 Å². The molecule has 6 heteroatoms. The number of benzene rings is 1. The van der Waals surface area contributed by atoms with Crippen LogP contribution in [-0.4, -0.2) is 44.7 Å². The van der Waals surface area contributed by atoms with Crippen LogP contribution >= 0.6 is 15.9 Å². The van der Waals surface area contributed by atoms with E-state index >= 15 is 0 Å². The summed E-state index contributed by atoms with van der Waals surface area (Å²) in [4.78, 5) is 3.11. The van der Waals surface area contributed by atoms with Crippen molar-refractivity contribution >= 4 is 31.6 Å². The van der Waals surface area contributed by atoms with E-state index in [1.807, 2.05) is 12.1 Å². The third-order valence-corrected chi connectivity index (χ3v) is 6.76. The van der Waals surface area contributed by atoms with Crippen molar-refractivity contribution in [3.63, 3.8) is 0 Å². The molecule has 4 nitrogen and oxygen atoms in total. The van der Waals surface area contributed by atoms with Crippen LogP contribution < -0.4 is 4.90 Å². The van der Waals surface area contributed by atoms with Gasteiger partial charge in [-0.1, -0.05) is 35.0 Å². The van der Waals surface area contributed by atoms with Crippen molar-refractivity contribution in [3.8, 4) is 0 Å². The average Bonchev–Trinajstić information content (AvgIpc) is 2.47. The van der Waals surface area contributed by atoms with Gasteiger partial charge in [0.25, 0.3) is 0 Å². The SMILES string of the molecule is CC(Br)C1CCN(c2ccccc2S(=O)(=O)N(C)C)CC1. The fourth-order valence-electron chi connectivity index (χ4n) is 2.73. The Hall–Kier alpha value is -0.590.